The fourth-order valence-electron chi connectivity index (χ4n) is 1.52. The number of carbonyl (C=O) groups excluding carboxylic acids is 1. The molecular formula is C12H17NO4. The second-order valence-corrected chi connectivity index (χ2v) is 3.50. The van der Waals surface area contributed by atoms with Crippen molar-refractivity contribution >= 4 is 5.97 Å². The first-order valence-electron chi connectivity index (χ1n) is 4.92. The van der Waals surface area contributed by atoms with Crippen LogP contribution in [0, 0.1) is 0 Å². The first-order valence-corrected chi connectivity index (χ1v) is 4.92. The number of nitrogens with two attached hydrogens (primary N) is 1. The number of ether oxygens (including phenoxy) is 3. The molecule has 1 aromatic rings. The molecule has 0 bridgehead atoms. The molecule has 5 heteroatoms. The van der Waals surface area contributed by atoms with Gasteiger partial charge < -0.3 is 19.9 Å². The van der Waals surface area contributed by atoms with Crippen molar-refractivity contribution in [2.24, 2.45) is 5.73 Å². The largest absolute Gasteiger partial charge is 0.469 e. The summed E-state index contributed by atoms with van der Waals surface area (Å²) in [7, 11) is 1.34. The van der Waals surface area contributed by atoms with Gasteiger partial charge in [0.05, 0.1) is 13.5 Å². The minimum atomic E-state index is -0.387. The van der Waals surface area contributed by atoms with E-state index in [1.165, 1.54) is 7.11 Å². The van der Waals surface area contributed by atoms with Crippen LogP contribution in [0.3, 0.4) is 0 Å². The Morgan fingerprint density at radius 1 is 1.47 bits per heavy atom. The maximum absolute atomic E-state index is 11.1. The Morgan fingerprint density at radius 3 is 2.88 bits per heavy atom. The van der Waals surface area contributed by atoms with Crippen LogP contribution in [0.5, 0.6) is 11.5 Å². The standard InChI is InChI=1S/C11H13NO4.CH4/c1-14-11(13)5-8(12)7-2-3-9-10(4-7)16-6-15-9;/h2-4,8H,5-6,12H2,1H3;1H4/t8-;/m0./s1. The number of benzene rings is 1. The third-order valence-corrected chi connectivity index (χ3v) is 2.44. The summed E-state index contributed by atoms with van der Waals surface area (Å²) >= 11 is 0. The number of hydrogen-bond acceptors (Lipinski definition) is 5. The molecule has 2 N–H and O–H groups in total. The highest BCUT2D eigenvalue weighted by molar-refractivity contribution is 5.70. The zero-order valence-corrected chi connectivity index (χ0v) is 8.93. The molecule has 0 unspecified atom stereocenters. The van der Waals surface area contributed by atoms with Gasteiger partial charge in [-0.2, -0.15) is 0 Å². The molecule has 0 radical (unpaired) electrons. The van der Waals surface area contributed by atoms with Gasteiger partial charge in [-0.1, -0.05) is 13.5 Å². The third-order valence-electron chi connectivity index (χ3n) is 2.44. The van der Waals surface area contributed by atoms with Crippen molar-refractivity contribution in [2.45, 2.75) is 19.9 Å². The van der Waals surface area contributed by atoms with E-state index < -0.39 is 0 Å². The van der Waals surface area contributed by atoms with Crippen molar-refractivity contribution < 1.29 is 19.0 Å². The molecule has 0 aliphatic carbocycles. The summed E-state index contributed by atoms with van der Waals surface area (Å²) in [5.74, 6) is 1.04. The lowest BCUT2D eigenvalue weighted by Crippen LogP contribution is -2.16. The van der Waals surface area contributed by atoms with Gasteiger partial charge in [0.2, 0.25) is 6.79 Å². The number of rotatable bonds is 3. The van der Waals surface area contributed by atoms with Crippen molar-refractivity contribution in [3.63, 3.8) is 0 Å². The zero-order valence-electron chi connectivity index (χ0n) is 8.93. The van der Waals surface area contributed by atoms with Crippen LogP contribution in [-0.2, 0) is 9.53 Å². The normalized spacial score (nSPS) is 13.8. The lowest BCUT2D eigenvalue weighted by Gasteiger charge is -2.10. The van der Waals surface area contributed by atoms with E-state index in [1.807, 2.05) is 6.07 Å². The molecule has 1 aliphatic heterocycles. The van der Waals surface area contributed by atoms with E-state index in [1.54, 1.807) is 12.1 Å². The molecule has 1 heterocycles. The summed E-state index contributed by atoms with van der Waals surface area (Å²) < 4.78 is 15.0. The number of esters is 1. The van der Waals surface area contributed by atoms with Crippen molar-refractivity contribution in [3.8, 4) is 11.5 Å². The van der Waals surface area contributed by atoms with Gasteiger partial charge in [0, 0.05) is 6.04 Å². The second kappa shape index (κ2) is 5.54. The zero-order chi connectivity index (χ0) is 11.5. The minimum Gasteiger partial charge on any atom is -0.469 e. The topological polar surface area (TPSA) is 70.8 Å². The number of carbonyl (C=O) groups is 1. The highest BCUT2D eigenvalue weighted by atomic mass is 16.7. The van der Waals surface area contributed by atoms with Crippen molar-refractivity contribution in [3.05, 3.63) is 23.8 Å². The maximum atomic E-state index is 11.1. The Morgan fingerprint density at radius 2 is 2.18 bits per heavy atom. The molecule has 0 saturated heterocycles. The summed E-state index contributed by atoms with van der Waals surface area (Å²) in [6, 6.07) is 5.01. The van der Waals surface area contributed by atoms with Crippen LogP contribution < -0.4 is 15.2 Å². The molecule has 0 fully saturated rings. The van der Waals surface area contributed by atoms with Crippen molar-refractivity contribution in [1.29, 1.82) is 0 Å². The lowest BCUT2D eigenvalue weighted by molar-refractivity contribution is -0.141. The van der Waals surface area contributed by atoms with E-state index in [0.717, 1.165) is 5.56 Å². The van der Waals surface area contributed by atoms with E-state index in [2.05, 4.69) is 4.74 Å². The van der Waals surface area contributed by atoms with E-state index in [0.29, 0.717) is 11.5 Å². The molecule has 0 aromatic heterocycles. The quantitative estimate of drug-likeness (QED) is 0.811. The summed E-state index contributed by atoms with van der Waals surface area (Å²) in [6.45, 7) is 0.227. The smallest absolute Gasteiger partial charge is 0.307 e. The summed E-state index contributed by atoms with van der Waals surface area (Å²) in [5, 5.41) is 0. The maximum Gasteiger partial charge on any atom is 0.307 e. The SMILES string of the molecule is C.COC(=O)C[C@H](N)c1ccc2c(c1)OCO2. The van der Waals surface area contributed by atoms with Crippen LogP contribution in [0.15, 0.2) is 18.2 Å². The van der Waals surface area contributed by atoms with Crippen LogP contribution in [-0.4, -0.2) is 19.9 Å². The molecule has 1 aromatic carbocycles. The Balaban J connectivity index is 0.00000144. The van der Waals surface area contributed by atoms with Crippen molar-refractivity contribution in [2.75, 3.05) is 13.9 Å². The molecule has 5 nitrogen and oxygen atoms in total. The van der Waals surface area contributed by atoms with Crippen LogP contribution in [0.1, 0.15) is 25.5 Å². The van der Waals surface area contributed by atoms with Gasteiger partial charge in [-0.05, 0) is 17.7 Å². The Kier molecular flexibility index (Phi) is 4.34. The highest BCUT2D eigenvalue weighted by Gasteiger charge is 2.17. The van der Waals surface area contributed by atoms with Gasteiger partial charge in [-0.25, -0.2) is 0 Å². The fraction of sp³-hybridized carbons (Fsp3) is 0.417. The molecule has 2 rings (SSSR count). The van der Waals surface area contributed by atoms with Crippen LogP contribution in [0.4, 0.5) is 0 Å². The lowest BCUT2D eigenvalue weighted by atomic mass is 10.0. The highest BCUT2D eigenvalue weighted by Crippen LogP contribution is 2.34. The monoisotopic (exact) mass is 239 g/mol. The van der Waals surface area contributed by atoms with Crippen molar-refractivity contribution in [1.82, 2.24) is 0 Å². The molecule has 1 aliphatic rings. The van der Waals surface area contributed by atoms with E-state index in [9.17, 15) is 4.79 Å². The molecule has 0 saturated carbocycles. The predicted octanol–water partition coefficient (Wildman–Crippen LogP) is 1.61. The van der Waals surface area contributed by atoms with Crippen LogP contribution in [0.2, 0.25) is 0 Å². The molecule has 1 atom stereocenters. The van der Waals surface area contributed by atoms with Crippen LogP contribution >= 0.6 is 0 Å². The average Bonchev–Trinajstić information content (AvgIpc) is 2.75. The average molecular weight is 239 g/mol. The van der Waals surface area contributed by atoms with E-state index >= 15 is 0 Å². The Labute approximate surface area is 100 Å². The van der Waals surface area contributed by atoms with Gasteiger partial charge in [-0.15, -0.1) is 0 Å². The fourth-order valence-corrected chi connectivity index (χ4v) is 1.52. The summed E-state index contributed by atoms with van der Waals surface area (Å²) in [4.78, 5) is 11.1. The molecule has 17 heavy (non-hydrogen) atoms. The number of methoxy groups -OCH3 is 1. The van der Waals surface area contributed by atoms with Gasteiger partial charge in [0.15, 0.2) is 11.5 Å². The Hall–Kier alpha value is -1.75. The number of hydrogen-bond donors (Lipinski definition) is 1. The Bertz CT molecular complexity index is 405. The molecule has 0 amide bonds. The van der Waals surface area contributed by atoms with Gasteiger partial charge in [0.1, 0.15) is 0 Å². The second-order valence-electron chi connectivity index (χ2n) is 3.50. The van der Waals surface area contributed by atoms with E-state index in [-0.39, 0.29) is 32.7 Å². The van der Waals surface area contributed by atoms with Gasteiger partial charge in [-0.3, -0.25) is 4.79 Å². The summed E-state index contributed by atoms with van der Waals surface area (Å²) in [5.41, 5.74) is 6.70. The van der Waals surface area contributed by atoms with Gasteiger partial charge in [0.25, 0.3) is 0 Å². The molecule has 94 valence electrons. The summed E-state index contributed by atoms with van der Waals surface area (Å²) in [6.07, 6.45) is 0.149. The molecular weight excluding hydrogens is 222 g/mol. The molecule has 0 spiro atoms. The van der Waals surface area contributed by atoms with Crippen LogP contribution in [0.25, 0.3) is 0 Å². The predicted molar refractivity (Wildman–Crippen MR) is 62.9 cm³/mol. The first kappa shape index (κ1) is 13.3. The van der Waals surface area contributed by atoms with E-state index in [4.69, 9.17) is 15.2 Å². The number of fused-ring (bicyclic) bond motifs is 1. The minimum absolute atomic E-state index is 0. The third kappa shape index (κ3) is 2.88. The van der Waals surface area contributed by atoms with Gasteiger partial charge >= 0.3 is 5.97 Å². The first-order chi connectivity index (χ1) is 7.70.